The number of ketones is 1. The average molecular weight is 360 g/mol. The van der Waals surface area contributed by atoms with E-state index in [9.17, 15) is 4.79 Å². The second kappa shape index (κ2) is 6.65. The van der Waals surface area contributed by atoms with Gasteiger partial charge in [-0.15, -0.1) is 10.2 Å². The van der Waals surface area contributed by atoms with E-state index in [0.29, 0.717) is 5.56 Å². The van der Waals surface area contributed by atoms with Gasteiger partial charge in [-0.2, -0.15) is 0 Å². The Hall–Kier alpha value is -3.12. The van der Waals surface area contributed by atoms with Crippen molar-refractivity contribution in [3.05, 3.63) is 71.5 Å². The first-order chi connectivity index (χ1) is 12.6. The topological polar surface area (TPSA) is 60.7 Å². The molecular weight excluding hydrogens is 344 g/mol. The number of nitrogens with zero attached hydrogens (tertiary/aromatic N) is 4. The van der Waals surface area contributed by atoms with Crippen LogP contribution in [0.15, 0.2) is 60.9 Å². The van der Waals surface area contributed by atoms with Crippen molar-refractivity contribution >= 4 is 17.1 Å². The third-order valence-electron chi connectivity index (χ3n) is 4.07. The van der Waals surface area contributed by atoms with Gasteiger partial charge >= 0.3 is 0 Å². The van der Waals surface area contributed by atoms with Gasteiger partial charge in [-0.1, -0.05) is 41.7 Å². The summed E-state index contributed by atoms with van der Waals surface area (Å²) in [4.78, 5) is 16.2. The molecule has 0 aliphatic heterocycles. The Morgan fingerprint density at radius 2 is 1.85 bits per heavy atom. The SMILES string of the molecule is CC(=O)c1cccc(-c2nccn2-c2cccc(-c3nnc(C)s3)c2)c1. The maximum atomic E-state index is 11.7. The van der Waals surface area contributed by atoms with Gasteiger partial charge in [0.15, 0.2) is 5.78 Å². The summed E-state index contributed by atoms with van der Waals surface area (Å²) in [5.41, 5.74) is 3.58. The monoisotopic (exact) mass is 360 g/mol. The van der Waals surface area contributed by atoms with E-state index in [0.717, 1.165) is 32.7 Å². The van der Waals surface area contributed by atoms with Crippen molar-refractivity contribution in [1.29, 1.82) is 0 Å². The van der Waals surface area contributed by atoms with Gasteiger partial charge in [-0.25, -0.2) is 4.98 Å². The maximum Gasteiger partial charge on any atom is 0.159 e. The molecule has 0 saturated heterocycles. The van der Waals surface area contributed by atoms with Crippen LogP contribution in [0.5, 0.6) is 0 Å². The van der Waals surface area contributed by atoms with Crippen LogP contribution in [0.2, 0.25) is 0 Å². The largest absolute Gasteiger partial charge is 0.300 e. The van der Waals surface area contributed by atoms with E-state index >= 15 is 0 Å². The summed E-state index contributed by atoms with van der Waals surface area (Å²) in [6.45, 7) is 3.51. The number of Topliss-reactive ketones (excluding diaryl/α,β-unsaturated/α-hetero) is 1. The molecule has 128 valence electrons. The lowest BCUT2D eigenvalue weighted by atomic mass is 10.1. The second-order valence-electron chi connectivity index (χ2n) is 5.93. The molecule has 0 unspecified atom stereocenters. The molecule has 0 aliphatic rings. The first-order valence-corrected chi connectivity index (χ1v) is 8.99. The van der Waals surface area contributed by atoms with Crippen LogP contribution in [0.3, 0.4) is 0 Å². The second-order valence-corrected chi connectivity index (χ2v) is 7.12. The molecule has 0 bridgehead atoms. The van der Waals surface area contributed by atoms with E-state index in [1.165, 1.54) is 0 Å². The summed E-state index contributed by atoms with van der Waals surface area (Å²) in [7, 11) is 0. The Kier molecular flexibility index (Phi) is 4.18. The highest BCUT2D eigenvalue weighted by molar-refractivity contribution is 7.14. The highest BCUT2D eigenvalue weighted by Crippen LogP contribution is 2.27. The normalized spacial score (nSPS) is 10.8. The lowest BCUT2D eigenvalue weighted by Gasteiger charge is -2.10. The van der Waals surface area contributed by atoms with E-state index in [2.05, 4.69) is 21.2 Å². The van der Waals surface area contributed by atoms with E-state index in [-0.39, 0.29) is 5.78 Å². The van der Waals surface area contributed by atoms with Crippen LogP contribution in [0.4, 0.5) is 0 Å². The molecule has 0 amide bonds. The van der Waals surface area contributed by atoms with Crippen LogP contribution < -0.4 is 0 Å². The van der Waals surface area contributed by atoms with Gasteiger partial charge in [0.1, 0.15) is 15.8 Å². The van der Waals surface area contributed by atoms with Crippen LogP contribution in [0.1, 0.15) is 22.3 Å². The molecule has 4 aromatic rings. The Morgan fingerprint density at radius 1 is 1.04 bits per heavy atom. The molecule has 0 N–H and O–H groups in total. The highest BCUT2D eigenvalue weighted by Gasteiger charge is 2.11. The van der Waals surface area contributed by atoms with Gasteiger partial charge in [0.05, 0.1) is 0 Å². The highest BCUT2D eigenvalue weighted by atomic mass is 32.1. The molecule has 5 nitrogen and oxygen atoms in total. The van der Waals surface area contributed by atoms with Crippen LogP contribution in [-0.4, -0.2) is 25.5 Å². The quantitative estimate of drug-likeness (QED) is 0.500. The minimum absolute atomic E-state index is 0.0404. The van der Waals surface area contributed by atoms with Crippen molar-refractivity contribution in [1.82, 2.24) is 19.7 Å². The molecule has 2 heterocycles. The van der Waals surface area contributed by atoms with E-state index < -0.39 is 0 Å². The lowest BCUT2D eigenvalue weighted by Crippen LogP contribution is -1.98. The van der Waals surface area contributed by atoms with Crippen molar-refractivity contribution in [2.24, 2.45) is 0 Å². The predicted octanol–water partition coefficient (Wildman–Crippen LogP) is 4.57. The number of carbonyl (C=O) groups excluding carboxylic acids is 1. The Bertz CT molecular complexity index is 1100. The maximum absolute atomic E-state index is 11.7. The zero-order valence-corrected chi connectivity index (χ0v) is 15.2. The van der Waals surface area contributed by atoms with E-state index in [4.69, 9.17) is 0 Å². The zero-order chi connectivity index (χ0) is 18.1. The fraction of sp³-hybridized carbons (Fsp3) is 0.100. The average Bonchev–Trinajstić information content (AvgIpc) is 3.31. The van der Waals surface area contributed by atoms with Crippen LogP contribution in [0, 0.1) is 6.92 Å². The van der Waals surface area contributed by atoms with Crippen molar-refractivity contribution in [2.45, 2.75) is 13.8 Å². The number of rotatable bonds is 4. The van der Waals surface area contributed by atoms with Crippen molar-refractivity contribution < 1.29 is 4.79 Å². The number of aromatic nitrogens is 4. The molecule has 0 saturated carbocycles. The van der Waals surface area contributed by atoms with Gasteiger partial charge in [0.25, 0.3) is 0 Å². The summed E-state index contributed by atoms with van der Waals surface area (Å²) < 4.78 is 2.01. The van der Waals surface area contributed by atoms with Gasteiger partial charge in [0, 0.05) is 34.8 Å². The van der Waals surface area contributed by atoms with Crippen molar-refractivity contribution in [2.75, 3.05) is 0 Å². The number of aryl methyl sites for hydroxylation is 1. The fourth-order valence-electron chi connectivity index (χ4n) is 2.80. The number of hydrogen-bond donors (Lipinski definition) is 0. The van der Waals surface area contributed by atoms with Crippen molar-refractivity contribution in [3.8, 4) is 27.6 Å². The smallest absolute Gasteiger partial charge is 0.159 e. The van der Waals surface area contributed by atoms with E-state index in [1.54, 1.807) is 24.5 Å². The Balaban J connectivity index is 1.78. The predicted molar refractivity (Wildman–Crippen MR) is 103 cm³/mol. The van der Waals surface area contributed by atoms with Gasteiger partial charge in [-0.3, -0.25) is 9.36 Å². The Labute approximate surface area is 155 Å². The molecule has 0 atom stereocenters. The number of hydrogen-bond acceptors (Lipinski definition) is 5. The summed E-state index contributed by atoms with van der Waals surface area (Å²) in [6, 6.07) is 15.6. The third kappa shape index (κ3) is 3.07. The number of imidazole rings is 1. The molecule has 6 heteroatoms. The summed E-state index contributed by atoms with van der Waals surface area (Å²) in [6.07, 6.45) is 3.68. The number of carbonyl (C=O) groups is 1. The molecule has 26 heavy (non-hydrogen) atoms. The molecule has 0 spiro atoms. The summed E-state index contributed by atoms with van der Waals surface area (Å²) in [5.74, 6) is 0.831. The molecule has 0 fully saturated rings. The lowest BCUT2D eigenvalue weighted by molar-refractivity contribution is 0.101. The van der Waals surface area contributed by atoms with Crippen molar-refractivity contribution in [3.63, 3.8) is 0 Å². The minimum atomic E-state index is 0.0404. The van der Waals surface area contributed by atoms with Gasteiger partial charge in [-0.05, 0) is 32.0 Å². The van der Waals surface area contributed by atoms with Crippen LogP contribution >= 0.6 is 11.3 Å². The summed E-state index contributed by atoms with van der Waals surface area (Å²) >= 11 is 1.57. The molecule has 4 rings (SSSR count). The van der Waals surface area contributed by atoms with Crippen LogP contribution in [-0.2, 0) is 0 Å². The van der Waals surface area contributed by atoms with E-state index in [1.807, 2.05) is 60.2 Å². The van der Waals surface area contributed by atoms with Crippen LogP contribution in [0.25, 0.3) is 27.6 Å². The minimum Gasteiger partial charge on any atom is -0.300 e. The first-order valence-electron chi connectivity index (χ1n) is 8.17. The molecule has 0 aliphatic carbocycles. The summed E-state index contributed by atoms with van der Waals surface area (Å²) in [5, 5.41) is 10.2. The molecule has 2 aromatic carbocycles. The molecule has 0 radical (unpaired) electrons. The number of benzene rings is 2. The van der Waals surface area contributed by atoms with Gasteiger partial charge < -0.3 is 0 Å². The standard InChI is InChI=1S/C20H16N4OS/c1-13(25)15-5-3-6-16(11-15)19-21-9-10-24(19)18-8-4-7-17(12-18)20-23-22-14(2)26-20/h3-12H,1-2H3. The molecular formula is C20H16N4OS. The molecule has 2 aromatic heterocycles. The fourth-order valence-corrected chi connectivity index (χ4v) is 3.49. The van der Waals surface area contributed by atoms with Gasteiger partial charge in [0.2, 0.25) is 0 Å². The first kappa shape index (κ1) is 16.4. The third-order valence-corrected chi connectivity index (χ3v) is 4.95. The Morgan fingerprint density at radius 3 is 2.62 bits per heavy atom. The zero-order valence-electron chi connectivity index (χ0n) is 14.4.